The molecule has 0 saturated carbocycles. The Morgan fingerprint density at radius 2 is 1.42 bits per heavy atom. The normalized spacial score (nSPS) is 10.6. The summed E-state index contributed by atoms with van der Waals surface area (Å²) in [6.45, 7) is 0. The van der Waals surface area contributed by atoms with Gasteiger partial charge in [-0.2, -0.15) is 0 Å². The van der Waals surface area contributed by atoms with Crippen LogP contribution in [0.5, 0.6) is 0 Å². The van der Waals surface area contributed by atoms with Crippen LogP contribution in [-0.4, -0.2) is 4.98 Å². The number of benzene rings is 2. The van der Waals surface area contributed by atoms with Crippen molar-refractivity contribution >= 4 is 27.3 Å². The Labute approximate surface area is 125 Å². The van der Waals surface area contributed by atoms with Crippen molar-refractivity contribution in [3.8, 4) is 21.8 Å². The number of hydrogen-bond acceptors (Lipinski definition) is 2. The highest BCUT2D eigenvalue weighted by Crippen LogP contribution is 2.34. The average Bonchev–Trinajstić information content (AvgIpc) is 2.93. The van der Waals surface area contributed by atoms with Gasteiger partial charge < -0.3 is 0 Å². The van der Waals surface area contributed by atoms with Gasteiger partial charge in [0.25, 0.3) is 0 Å². The van der Waals surface area contributed by atoms with E-state index in [0.29, 0.717) is 0 Å². The van der Waals surface area contributed by atoms with Crippen LogP contribution in [0, 0.1) is 0 Å². The molecular formula is C16H12BrNS. The van der Waals surface area contributed by atoms with E-state index in [0.717, 1.165) is 16.0 Å². The summed E-state index contributed by atoms with van der Waals surface area (Å²) in [5.74, 6) is 0. The van der Waals surface area contributed by atoms with Crippen molar-refractivity contribution in [1.82, 2.24) is 4.98 Å². The van der Waals surface area contributed by atoms with Crippen LogP contribution >= 0.6 is 27.3 Å². The molecule has 0 unspecified atom stereocenters. The third-order valence-corrected chi connectivity index (χ3v) is 4.92. The third kappa shape index (κ3) is 2.62. The van der Waals surface area contributed by atoms with E-state index in [1.807, 2.05) is 24.3 Å². The molecular weight excluding hydrogens is 318 g/mol. The maximum absolute atomic E-state index is 4.81. The number of hydrogen-bond donors (Lipinski definition) is 0. The molecule has 1 aromatic heterocycles. The van der Waals surface area contributed by atoms with E-state index in [2.05, 4.69) is 52.3 Å². The van der Waals surface area contributed by atoms with Gasteiger partial charge in [-0.25, -0.2) is 4.98 Å². The van der Waals surface area contributed by atoms with Crippen LogP contribution < -0.4 is 0 Å². The van der Waals surface area contributed by atoms with E-state index >= 15 is 0 Å². The summed E-state index contributed by atoms with van der Waals surface area (Å²) in [7, 11) is 0. The maximum Gasteiger partial charge on any atom is 0.124 e. The quantitative estimate of drug-likeness (QED) is 0.588. The number of halogens is 1. The fourth-order valence-corrected chi connectivity index (χ4v) is 3.52. The smallest absolute Gasteiger partial charge is 0.124 e. The first-order chi connectivity index (χ1) is 9.38. The molecule has 0 fully saturated rings. The van der Waals surface area contributed by atoms with Crippen LogP contribution in [0.4, 0.5) is 0 Å². The molecule has 3 heteroatoms. The van der Waals surface area contributed by atoms with Crippen molar-refractivity contribution in [3.63, 3.8) is 0 Å². The van der Waals surface area contributed by atoms with Crippen LogP contribution in [0.3, 0.4) is 0 Å². The van der Waals surface area contributed by atoms with Crippen molar-refractivity contribution in [1.29, 1.82) is 0 Å². The van der Waals surface area contributed by atoms with Crippen molar-refractivity contribution < 1.29 is 0 Å². The average molecular weight is 330 g/mol. The molecule has 0 bridgehead atoms. The predicted octanol–water partition coefficient (Wildman–Crippen LogP) is 5.37. The Balaban J connectivity index is 2.09. The van der Waals surface area contributed by atoms with E-state index in [1.54, 1.807) is 11.3 Å². The Morgan fingerprint density at radius 3 is 2.00 bits per heavy atom. The molecule has 19 heavy (non-hydrogen) atoms. The van der Waals surface area contributed by atoms with Gasteiger partial charge >= 0.3 is 0 Å². The summed E-state index contributed by atoms with van der Waals surface area (Å²) in [5, 5.41) is 1.91. The minimum absolute atomic E-state index is 0.835. The van der Waals surface area contributed by atoms with E-state index < -0.39 is 0 Å². The highest BCUT2D eigenvalue weighted by Gasteiger charge is 2.12. The van der Waals surface area contributed by atoms with Gasteiger partial charge in [0, 0.05) is 21.3 Å². The molecule has 1 heterocycles. The lowest BCUT2D eigenvalue weighted by molar-refractivity contribution is 1.36. The zero-order valence-corrected chi connectivity index (χ0v) is 12.6. The molecule has 0 aliphatic heterocycles. The van der Waals surface area contributed by atoms with Crippen molar-refractivity contribution in [3.05, 3.63) is 65.5 Å². The molecule has 3 rings (SSSR count). The largest absolute Gasteiger partial charge is 0.236 e. The van der Waals surface area contributed by atoms with Gasteiger partial charge in [0.1, 0.15) is 5.01 Å². The maximum atomic E-state index is 4.81. The Morgan fingerprint density at radius 1 is 0.842 bits per heavy atom. The summed E-state index contributed by atoms with van der Waals surface area (Å²) in [5.41, 5.74) is 3.44. The van der Waals surface area contributed by atoms with E-state index in [-0.39, 0.29) is 0 Å². The number of aromatic nitrogens is 1. The minimum Gasteiger partial charge on any atom is -0.236 e. The minimum atomic E-state index is 0.835. The molecule has 0 radical (unpaired) electrons. The number of rotatable bonds is 3. The lowest BCUT2D eigenvalue weighted by Crippen LogP contribution is -1.82. The van der Waals surface area contributed by atoms with Crippen LogP contribution in [0.25, 0.3) is 21.8 Å². The van der Waals surface area contributed by atoms with E-state index in [4.69, 9.17) is 4.98 Å². The van der Waals surface area contributed by atoms with E-state index in [1.165, 1.54) is 16.0 Å². The van der Waals surface area contributed by atoms with Crippen LogP contribution in [-0.2, 0) is 5.33 Å². The molecule has 2 aromatic carbocycles. The number of nitrogens with zero attached hydrogens (tertiary/aromatic N) is 1. The molecule has 1 nitrogen and oxygen atoms in total. The molecule has 94 valence electrons. The van der Waals surface area contributed by atoms with Gasteiger partial charge in [-0.1, -0.05) is 76.6 Å². The Kier molecular flexibility index (Phi) is 3.76. The monoisotopic (exact) mass is 329 g/mol. The second kappa shape index (κ2) is 5.68. The van der Waals surface area contributed by atoms with E-state index in [9.17, 15) is 0 Å². The Bertz CT molecular complexity index is 662. The molecule has 0 N–H and O–H groups in total. The number of thiazole rings is 1. The fourth-order valence-electron chi connectivity index (χ4n) is 1.97. The first-order valence-corrected chi connectivity index (χ1v) is 7.99. The highest BCUT2D eigenvalue weighted by molar-refractivity contribution is 9.08. The molecule has 0 atom stereocenters. The van der Waals surface area contributed by atoms with Crippen molar-refractivity contribution in [2.75, 3.05) is 0 Å². The van der Waals surface area contributed by atoms with Gasteiger partial charge in [0.05, 0.1) is 5.69 Å². The molecule has 0 aliphatic rings. The van der Waals surface area contributed by atoms with Gasteiger partial charge in [0.2, 0.25) is 0 Å². The van der Waals surface area contributed by atoms with Crippen LogP contribution in [0.1, 0.15) is 4.88 Å². The molecule has 0 spiro atoms. The van der Waals surface area contributed by atoms with Gasteiger partial charge in [-0.05, 0) is 0 Å². The SMILES string of the molecule is BrCc1sc(-c2ccccc2)nc1-c1ccccc1. The van der Waals surface area contributed by atoms with Crippen molar-refractivity contribution in [2.45, 2.75) is 5.33 Å². The lowest BCUT2D eigenvalue weighted by Gasteiger charge is -1.98. The summed E-state index contributed by atoms with van der Waals surface area (Å²) in [4.78, 5) is 6.08. The lowest BCUT2D eigenvalue weighted by atomic mass is 10.1. The Hall–Kier alpha value is -1.45. The van der Waals surface area contributed by atoms with Gasteiger partial charge in [0.15, 0.2) is 0 Å². The van der Waals surface area contributed by atoms with Crippen LogP contribution in [0.2, 0.25) is 0 Å². The topological polar surface area (TPSA) is 12.9 Å². The highest BCUT2D eigenvalue weighted by atomic mass is 79.9. The zero-order valence-electron chi connectivity index (χ0n) is 10.2. The first kappa shape index (κ1) is 12.6. The summed E-state index contributed by atoms with van der Waals surface area (Å²) >= 11 is 5.31. The van der Waals surface area contributed by atoms with Crippen LogP contribution in [0.15, 0.2) is 60.7 Å². The third-order valence-electron chi connectivity index (χ3n) is 2.89. The fraction of sp³-hybridized carbons (Fsp3) is 0.0625. The second-order valence-corrected chi connectivity index (χ2v) is 5.80. The second-order valence-electron chi connectivity index (χ2n) is 4.16. The first-order valence-electron chi connectivity index (χ1n) is 6.05. The summed E-state index contributed by atoms with van der Waals surface area (Å²) < 4.78 is 0. The molecule has 0 saturated heterocycles. The molecule has 0 aliphatic carbocycles. The summed E-state index contributed by atoms with van der Waals surface area (Å²) in [6, 6.07) is 20.7. The molecule has 3 aromatic rings. The molecule has 0 amide bonds. The zero-order chi connectivity index (χ0) is 13.1. The van der Waals surface area contributed by atoms with Gasteiger partial charge in [-0.15, -0.1) is 11.3 Å². The standard InChI is InChI=1S/C16H12BrNS/c17-11-14-15(12-7-3-1-4-8-12)18-16(19-14)13-9-5-2-6-10-13/h1-10H,11H2. The predicted molar refractivity (Wildman–Crippen MR) is 85.6 cm³/mol. The van der Waals surface area contributed by atoms with Crippen molar-refractivity contribution in [2.24, 2.45) is 0 Å². The van der Waals surface area contributed by atoms with Gasteiger partial charge in [-0.3, -0.25) is 0 Å². The number of alkyl halides is 1. The summed E-state index contributed by atoms with van der Waals surface area (Å²) in [6.07, 6.45) is 0.